The molecule has 1 fully saturated rings. The zero-order valence-electron chi connectivity index (χ0n) is 7.12. The van der Waals surface area contributed by atoms with E-state index in [1.807, 2.05) is 6.92 Å². The summed E-state index contributed by atoms with van der Waals surface area (Å²) in [7, 11) is 0. The molecule has 1 heterocycles. The molecule has 0 saturated carbocycles. The van der Waals surface area contributed by atoms with E-state index in [-0.39, 0.29) is 0 Å². The van der Waals surface area contributed by atoms with Gasteiger partial charge in [-0.3, -0.25) is 0 Å². The summed E-state index contributed by atoms with van der Waals surface area (Å²) in [6, 6.07) is 0. The summed E-state index contributed by atoms with van der Waals surface area (Å²) in [5.74, 6) is 0. The van der Waals surface area contributed by atoms with Gasteiger partial charge in [0.25, 0.3) is 0 Å². The Morgan fingerprint density at radius 1 is 1.33 bits per heavy atom. The van der Waals surface area contributed by atoms with Crippen LogP contribution in [-0.4, -0.2) is 36.0 Å². The SMILES string of the molecule is CCOCCOCN=C1SCS1. The molecule has 0 aromatic heterocycles. The van der Waals surface area contributed by atoms with Gasteiger partial charge in [-0.25, -0.2) is 4.99 Å². The minimum absolute atomic E-state index is 0.475. The zero-order chi connectivity index (χ0) is 8.65. The fourth-order valence-electron chi connectivity index (χ4n) is 0.628. The van der Waals surface area contributed by atoms with E-state index in [1.54, 1.807) is 23.5 Å². The van der Waals surface area contributed by atoms with Crippen LogP contribution in [0.5, 0.6) is 0 Å². The third kappa shape index (κ3) is 4.35. The molecule has 0 aromatic carbocycles. The Hall–Kier alpha value is 0.290. The predicted octanol–water partition coefficient (Wildman–Crippen LogP) is 1.79. The monoisotopic (exact) mass is 207 g/mol. The van der Waals surface area contributed by atoms with Gasteiger partial charge in [0.05, 0.1) is 18.3 Å². The number of nitrogens with zero attached hydrogens (tertiary/aromatic N) is 1. The third-order valence-electron chi connectivity index (χ3n) is 1.23. The van der Waals surface area contributed by atoms with E-state index < -0.39 is 0 Å². The molecular formula is C7H13NO2S2. The molecule has 0 unspecified atom stereocenters. The van der Waals surface area contributed by atoms with Crippen LogP contribution in [0.2, 0.25) is 0 Å². The van der Waals surface area contributed by atoms with Gasteiger partial charge < -0.3 is 9.47 Å². The van der Waals surface area contributed by atoms with Crippen LogP contribution in [0.1, 0.15) is 6.92 Å². The molecule has 70 valence electrons. The summed E-state index contributed by atoms with van der Waals surface area (Å²) >= 11 is 3.55. The molecule has 0 amide bonds. The first kappa shape index (κ1) is 10.4. The maximum atomic E-state index is 5.20. The minimum Gasteiger partial charge on any atom is -0.379 e. The van der Waals surface area contributed by atoms with Crippen LogP contribution in [0.3, 0.4) is 0 Å². The summed E-state index contributed by atoms with van der Waals surface area (Å²) in [5.41, 5.74) is 0. The first-order valence-electron chi connectivity index (χ1n) is 3.89. The standard InChI is InChI=1S/C7H13NO2S2/c1-2-9-3-4-10-5-8-7-11-6-12-7/h2-6H2,1H3. The van der Waals surface area contributed by atoms with E-state index in [4.69, 9.17) is 9.47 Å². The average molecular weight is 207 g/mol. The van der Waals surface area contributed by atoms with Crippen LogP contribution in [0.4, 0.5) is 0 Å². The van der Waals surface area contributed by atoms with E-state index in [0.717, 1.165) is 16.1 Å². The molecule has 1 aliphatic heterocycles. The molecule has 0 radical (unpaired) electrons. The maximum Gasteiger partial charge on any atom is 0.139 e. The van der Waals surface area contributed by atoms with Gasteiger partial charge >= 0.3 is 0 Å². The Balaban J connectivity index is 1.82. The van der Waals surface area contributed by atoms with Gasteiger partial charge in [-0.05, 0) is 6.92 Å². The molecule has 1 aliphatic rings. The lowest BCUT2D eigenvalue weighted by molar-refractivity contribution is 0.0563. The molecule has 0 N–H and O–H groups in total. The highest BCUT2D eigenvalue weighted by atomic mass is 32.3. The van der Waals surface area contributed by atoms with E-state index in [0.29, 0.717) is 19.9 Å². The van der Waals surface area contributed by atoms with Crippen molar-refractivity contribution in [3.8, 4) is 0 Å². The molecule has 0 aliphatic carbocycles. The Morgan fingerprint density at radius 3 is 2.67 bits per heavy atom. The number of rotatable bonds is 6. The van der Waals surface area contributed by atoms with Crippen molar-refractivity contribution >= 4 is 27.9 Å². The topological polar surface area (TPSA) is 30.8 Å². The molecule has 0 bridgehead atoms. The Kier molecular flexibility index (Phi) is 5.85. The fourth-order valence-corrected chi connectivity index (χ4v) is 1.81. The van der Waals surface area contributed by atoms with Crippen molar-refractivity contribution < 1.29 is 9.47 Å². The second-order valence-electron chi connectivity index (χ2n) is 2.06. The van der Waals surface area contributed by atoms with Crippen LogP contribution in [0.15, 0.2) is 4.99 Å². The number of thioether (sulfide) groups is 2. The van der Waals surface area contributed by atoms with Gasteiger partial charge in [-0.15, -0.1) is 0 Å². The lowest BCUT2D eigenvalue weighted by atomic mass is 10.7. The second kappa shape index (κ2) is 6.77. The zero-order valence-corrected chi connectivity index (χ0v) is 8.75. The van der Waals surface area contributed by atoms with Gasteiger partial charge in [0.1, 0.15) is 11.1 Å². The fraction of sp³-hybridized carbons (Fsp3) is 0.857. The molecule has 0 aromatic rings. The van der Waals surface area contributed by atoms with E-state index in [2.05, 4.69) is 4.99 Å². The Labute approximate surface area is 81.3 Å². The maximum absolute atomic E-state index is 5.20. The Bertz CT molecular complexity index is 146. The number of aliphatic imine (C=N–C) groups is 1. The van der Waals surface area contributed by atoms with Gasteiger partial charge in [0.15, 0.2) is 0 Å². The van der Waals surface area contributed by atoms with E-state index >= 15 is 0 Å². The largest absolute Gasteiger partial charge is 0.379 e. The highest BCUT2D eigenvalue weighted by Gasteiger charge is 2.10. The van der Waals surface area contributed by atoms with Crippen molar-refractivity contribution in [1.29, 1.82) is 0 Å². The molecule has 1 saturated heterocycles. The molecule has 5 heteroatoms. The van der Waals surface area contributed by atoms with Crippen molar-refractivity contribution in [1.82, 2.24) is 0 Å². The van der Waals surface area contributed by atoms with E-state index in [9.17, 15) is 0 Å². The van der Waals surface area contributed by atoms with Crippen molar-refractivity contribution in [2.24, 2.45) is 4.99 Å². The summed E-state index contributed by atoms with van der Waals surface area (Å²) in [6.07, 6.45) is 0. The first-order valence-corrected chi connectivity index (χ1v) is 5.86. The third-order valence-corrected chi connectivity index (χ3v) is 3.63. The second-order valence-corrected chi connectivity index (χ2v) is 4.62. The summed E-state index contributed by atoms with van der Waals surface area (Å²) < 4.78 is 11.4. The van der Waals surface area contributed by atoms with Crippen molar-refractivity contribution in [2.75, 3.05) is 31.6 Å². The van der Waals surface area contributed by atoms with Gasteiger partial charge in [-0.2, -0.15) is 0 Å². The normalized spacial score (nSPS) is 15.9. The lowest BCUT2D eigenvalue weighted by Crippen LogP contribution is -2.06. The number of hydrogen-bond donors (Lipinski definition) is 0. The molecular weight excluding hydrogens is 194 g/mol. The quantitative estimate of drug-likeness (QED) is 0.621. The summed E-state index contributed by atoms with van der Waals surface area (Å²) in [5, 5.41) is 1.14. The molecule has 0 spiro atoms. The molecule has 12 heavy (non-hydrogen) atoms. The number of ether oxygens (including phenoxy) is 2. The summed E-state index contributed by atoms with van der Waals surface area (Å²) in [6.45, 7) is 4.51. The van der Waals surface area contributed by atoms with Crippen LogP contribution < -0.4 is 0 Å². The van der Waals surface area contributed by atoms with Crippen LogP contribution in [-0.2, 0) is 9.47 Å². The van der Waals surface area contributed by atoms with Crippen LogP contribution >= 0.6 is 23.5 Å². The van der Waals surface area contributed by atoms with E-state index in [1.165, 1.54) is 0 Å². The predicted molar refractivity (Wildman–Crippen MR) is 54.8 cm³/mol. The molecule has 3 nitrogen and oxygen atoms in total. The van der Waals surface area contributed by atoms with Crippen LogP contribution in [0.25, 0.3) is 0 Å². The average Bonchev–Trinajstić information content (AvgIpc) is 2.00. The van der Waals surface area contributed by atoms with Gasteiger partial charge in [0.2, 0.25) is 0 Å². The lowest BCUT2D eigenvalue weighted by Gasteiger charge is -2.12. The first-order chi connectivity index (χ1) is 5.93. The van der Waals surface area contributed by atoms with Crippen molar-refractivity contribution in [3.05, 3.63) is 0 Å². The molecule has 1 rings (SSSR count). The Morgan fingerprint density at radius 2 is 2.08 bits per heavy atom. The number of hydrogen-bond acceptors (Lipinski definition) is 5. The highest BCUT2D eigenvalue weighted by Crippen LogP contribution is 2.32. The summed E-state index contributed by atoms with van der Waals surface area (Å²) in [4.78, 5) is 4.19. The highest BCUT2D eigenvalue weighted by molar-refractivity contribution is 8.52. The smallest absolute Gasteiger partial charge is 0.139 e. The van der Waals surface area contributed by atoms with Crippen molar-refractivity contribution in [2.45, 2.75) is 6.92 Å². The van der Waals surface area contributed by atoms with Gasteiger partial charge in [0, 0.05) is 6.61 Å². The minimum atomic E-state index is 0.475. The van der Waals surface area contributed by atoms with Crippen LogP contribution in [0, 0.1) is 0 Å². The van der Waals surface area contributed by atoms with Gasteiger partial charge in [-0.1, -0.05) is 23.5 Å². The van der Waals surface area contributed by atoms with Crippen molar-refractivity contribution in [3.63, 3.8) is 0 Å². The molecule has 0 atom stereocenters.